The molecule has 0 N–H and O–H groups in total. The molecule has 2 fully saturated rings. The Morgan fingerprint density at radius 1 is 1.14 bits per heavy atom. The van der Waals surface area contributed by atoms with Crippen molar-refractivity contribution in [2.24, 2.45) is 0 Å². The molecule has 0 aromatic heterocycles. The number of benzene rings is 1. The van der Waals surface area contributed by atoms with Crippen LogP contribution in [0, 0.1) is 0 Å². The smallest absolute Gasteiger partial charge is 0.219 e. The van der Waals surface area contributed by atoms with Crippen LogP contribution in [0.5, 0.6) is 0 Å². The zero-order chi connectivity index (χ0) is 15.4. The number of hydrogen-bond donors (Lipinski definition) is 0. The largest absolute Gasteiger partial charge is 0.338 e. The Kier molecular flexibility index (Phi) is 4.94. The number of rotatable bonds is 4. The third-order valence-corrected chi connectivity index (χ3v) is 5.01. The van der Waals surface area contributed by atoms with E-state index < -0.39 is 0 Å². The van der Waals surface area contributed by atoms with Crippen LogP contribution in [0.4, 0.5) is 0 Å². The second-order valence-electron chi connectivity index (χ2n) is 6.44. The Morgan fingerprint density at radius 3 is 2.64 bits per heavy atom. The minimum Gasteiger partial charge on any atom is -0.338 e. The van der Waals surface area contributed by atoms with Crippen LogP contribution in [0.3, 0.4) is 0 Å². The Morgan fingerprint density at radius 2 is 1.86 bits per heavy atom. The Labute approximate surface area is 133 Å². The molecule has 2 atom stereocenters. The van der Waals surface area contributed by atoms with E-state index in [2.05, 4.69) is 46.2 Å². The van der Waals surface area contributed by atoms with E-state index in [1.54, 1.807) is 6.92 Å². The van der Waals surface area contributed by atoms with E-state index in [4.69, 9.17) is 0 Å². The monoisotopic (exact) mass is 298 g/mol. The molecule has 118 valence electrons. The first-order valence-electron chi connectivity index (χ1n) is 8.48. The molecule has 2 aliphatic heterocycles. The molecule has 1 amide bonds. The van der Waals surface area contributed by atoms with Gasteiger partial charge in [0.2, 0.25) is 5.91 Å². The third-order valence-electron chi connectivity index (χ3n) is 5.01. The summed E-state index contributed by atoms with van der Waals surface area (Å²) >= 11 is 0. The minimum atomic E-state index is 0.245. The van der Waals surface area contributed by atoms with Crippen LogP contribution in [0.15, 0.2) is 36.4 Å². The van der Waals surface area contributed by atoms with Gasteiger partial charge in [-0.05, 0) is 37.8 Å². The van der Waals surface area contributed by atoms with Crippen molar-refractivity contribution in [3.05, 3.63) is 42.0 Å². The summed E-state index contributed by atoms with van der Waals surface area (Å²) in [5, 5.41) is 0. The molecule has 22 heavy (non-hydrogen) atoms. The highest BCUT2D eigenvalue weighted by molar-refractivity contribution is 5.74. The van der Waals surface area contributed by atoms with Gasteiger partial charge in [0.05, 0.1) is 0 Å². The van der Waals surface area contributed by atoms with Gasteiger partial charge in [0.15, 0.2) is 0 Å². The van der Waals surface area contributed by atoms with Gasteiger partial charge in [-0.25, -0.2) is 0 Å². The molecule has 2 heterocycles. The maximum absolute atomic E-state index is 11.8. The first kappa shape index (κ1) is 15.3. The van der Waals surface area contributed by atoms with Crippen molar-refractivity contribution >= 4 is 12.0 Å². The fourth-order valence-corrected chi connectivity index (χ4v) is 3.99. The van der Waals surface area contributed by atoms with Crippen LogP contribution in [-0.4, -0.2) is 47.4 Å². The lowest BCUT2D eigenvalue weighted by Crippen LogP contribution is -2.47. The van der Waals surface area contributed by atoms with Crippen LogP contribution >= 0.6 is 0 Å². The van der Waals surface area contributed by atoms with Crippen molar-refractivity contribution in [3.63, 3.8) is 0 Å². The molecule has 2 aliphatic rings. The summed E-state index contributed by atoms with van der Waals surface area (Å²) in [6.45, 7) is 4.81. The standard InChI is InChI=1S/C19H26N2O/c1-16(22)21-15-7-12-19(21)18-11-6-14-20(18)13-5-10-17-8-3-2-4-9-17/h2-5,8-10,18-19H,6-7,11-15H2,1H3/b10-5+/t18-,19-/m1/s1. The zero-order valence-electron chi connectivity index (χ0n) is 13.4. The molecule has 0 spiro atoms. The summed E-state index contributed by atoms with van der Waals surface area (Å²) in [6, 6.07) is 11.4. The number of likely N-dealkylation sites (tertiary alicyclic amines) is 2. The molecule has 3 heteroatoms. The van der Waals surface area contributed by atoms with E-state index in [1.807, 2.05) is 6.07 Å². The fourth-order valence-electron chi connectivity index (χ4n) is 3.99. The molecule has 1 aromatic rings. The van der Waals surface area contributed by atoms with E-state index in [0.29, 0.717) is 12.1 Å². The number of nitrogens with zero attached hydrogens (tertiary/aromatic N) is 2. The molecule has 0 unspecified atom stereocenters. The van der Waals surface area contributed by atoms with Gasteiger partial charge >= 0.3 is 0 Å². The molecule has 3 rings (SSSR count). The van der Waals surface area contributed by atoms with Crippen LogP contribution in [-0.2, 0) is 4.79 Å². The van der Waals surface area contributed by atoms with Crippen molar-refractivity contribution in [2.45, 2.75) is 44.7 Å². The lowest BCUT2D eigenvalue weighted by atomic mass is 10.0. The van der Waals surface area contributed by atoms with Crippen LogP contribution in [0.25, 0.3) is 6.08 Å². The number of carbonyl (C=O) groups is 1. The Bertz CT molecular complexity index is 525. The second kappa shape index (κ2) is 7.10. The average Bonchev–Trinajstić information content (AvgIpc) is 3.16. The molecule has 0 radical (unpaired) electrons. The number of hydrogen-bond acceptors (Lipinski definition) is 2. The zero-order valence-corrected chi connectivity index (χ0v) is 13.4. The molecule has 0 bridgehead atoms. The van der Waals surface area contributed by atoms with E-state index >= 15 is 0 Å². The molecule has 1 aromatic carbocycles. The molecule has 0 aliphatic carbocycles. The summed E-state index contributed by atoms with van der Waals surface area (Å²) in [5.41, 5.74) is 1.25. The lowest BCUT2D eigenvalue weighted by Gasteiger charge is -2.34. The third kappa shape index (κ3) is 3.41. The molecule has 2 saturated heterocycles. The van der Waals surface area contributed by atoms with E-state index in [-0.39, 0.29) is 5.91 Å². The molecular weight excluding hydrogens is 272 g/mol. The van der Waals surface area contributed by atoms with Gasteiger partial charge in [-0.15, -0.1) is 0 Å². The van der Waals surface area contributed by atoms with Crippen molar-refractivity contribution in [1.29, 1.82) is 0 Å². The molecule has 0 saturated carbocycles. The lowest BCUT2D eigenvalue weighted by molar-refractivity contribution is -0.130. The van der Waals surface area contributed by atoms with Gasteiger partial charge in [0.1, 0.15) is 0 Å². The summed E-state index contributed by atoms with van der Waals surface area (Å²) in [6.07, 6.45) is 9.28. The van der Waals surface area contributed by atoms with Crippen molar-refractivity contribution in [3.8, 4) is 0 Å². The summed E-state index contributed by atoms with van der Waals surface area (Å²) in [7, 11) is 0. The first-order valence-corrected chi connectivity index (χ1v) is 8.48. The van der Waals surface area contributed by atoms with Crippen LogP contribution in [0.1, 0.15) is 38.2 Å². The summed E-state index contributed by atoms with van der Waals surface area (Å²) < 4.78 is 0. The highest BCUT2D eigenvalue weighted by Gasteiger charge is 2.38. The normalized spacial score (nSPS) is 26.1. The van der Waals surface area contributed by atoms with E-state index in [1.165, 1.54) is 24.8 Å². The topological polar surface area (TPSA) is 23.6 Å². The van der Waals surface area contributed by atoms with Crippen LogP contribution in [0.2, 0.25) is 0 Å². The summed E-state index contributed by atoms with van der Waals surface area (Å²) in [5.74, 6) is 0.245. The average molecular weight is 298 g/mol. The minimum absolute atomic E-state index is 0.245. The van der Waals surface area contributed by atoms with Gasteiger partial charge in [0.25, 0.3) is 0 Å². The van der Waals surface area contributed by atoms with Gasteiger partial charge in [-0.3, -0.25) is 9.69 Å². The van der Waals surface area contributed by atoms with Crippen molar-refractivity contribution < 1.29 is 4.79 Å². The highest BCUT2D eigenvalue weighted by Crippen LogP contribution is 2.29. The number of carbonyl (C=O) groups excluding carboxylic acids is 1. The predicted octanol–water partition coefficient (Wildman–Crippen LogP) is 3.18. The first-order chi connectivity index (χ1) is 10.8. The molecule has 3 nitrogen and oxygen atoms in total. The van der Waals surface area contributed by atoms with Crippen molar-refractivity contribution in [2.75, 3.05) is 19.6 Å². The Balaban J connectivity index is 1.61. The highest BCUT2D eigenvalue weighted by atomic mass is 16.2. The maximum atomic E-state index is 11.8. The predicted molar refractivity (Wildman–Crippen MR) is 90.5 cm³/mol. The quantitative estimate of drug-likeness (QED) is 0.852. The SMILES string of the molecule is CC(=O)N1CCC[C@@H]1[C@H]1CCCN1C/C=C/c1ccccc1. The molecular formula is C19H26N2O. The summed E-state index contributed by atoms with van der Waals surface area (Å²) in [4.78, 5) is 16.5. The maximum Gasteiger partial charge on any atom is 0.219 e. The van der Waals surface area contributed by atoms with Gasteiger partial charge in [0, 0.05) is 32.1 Å². The van der Waals surface area contributed by atoms with Gasteiger partial charge < -0.3 is 4.90 Å². The van der Waals surface area contributed by atoms with E-state index in [9.17, 15) is 4.79 Å². The Hall–Kier alpha value is -1.61. The fraction of sp³-hybridized carbons (Fsp3) is 0.526. The van der Waals surface area contributed by atoms with Crippen LogP contribution < -0.4 is 0 Å². The van der Waals surface area contributed by atoms with E-state index in [0.717, 1.165) is 26.1 Å². The van der Waals surface area contributed by atoms with Gasteiger partial charge in [-0.2, -0.15) is 0 Å². The second-order valence-corrected chi connectivity index (χ2v) is 6.44. The number of amides is 1. The van der Waals surface area contributed by atoms with Gasteiger partial charge in [-0.1, -0.05) is 42.5 Å². The van der Waals surface area contributed by atoms with Crippen molar-refractivity contribution in [1.82, 2.24) is 9.80 Å².